The molecule has 0 radical (unpaired) electrons. The summed E-state index contributed by atoms with van der Waals surface area (Å²) in [5, 5.41) is 11.8. The highest BCUT2D eigenvalue weighted by molar-refractivity contribution is 6.31. The van der Waals surface area contributed by atoms with Crippen LogP contribution in [0.5, 0.6) is 11.6 Å². The Hall–Kier alpha value is -5.46. The molecule has 2 N–H and O–H groups in total. The highest BCUT2D eigenvalue weighted by atomic mass is 35.5. The second kappa shape index (κ2) is 15.6. The fraction of sp³-hybridized carbons (Fsp3) is 0.256. The van der Waals surface area contributed by atoms with Crippen LogP contribution in [0.25, 0.3) is 22.2 Å². The Labute approximate surface area is 336 Å². The molecule has 0 aliphatic carbocycles. The highest BCUT2D eigenvalue weighted by Gasteiger charge is 2.36. The molecule has 1 fully saturated rings. The van der Waals surface area contributed by atoms with Gasteiger partial charge in [0.25, 0.3) is 11.8 Å². The second-order valence-corrected chi connectivity index (χ2v) is 14.7. The highest BCUT2D eigenvalue weighted by Crippen LogP contribution is 2.39. The maximum absolute atomic E-state index is 15.0. The normalized spacial score (nSPS) is 16.6. The van der Waals surface area contributed by atoms with Crippen molar-refractivity contribution in [1.82, 2.24) is 19.0 Å². The first-order valence-electron chi connectivity index (χ1n) is 18.6. The Bertz CT molecular complexity index is 2420. The van der Waals surface area contributed by atoms with E-state index in [1.807, 2.05) is 89.4 Å². The number of aromatic hydroxyl groups is 1. The Morgan fingerprint density at radius 1 is 0.911 bits per heavy atom. The number of anilines is 2. The number of benzene rings is 4. The van der Waals surface area contributed by atoms with Crippen LogP contribution < -0.4 is 15.1 Å². The zero-order valence-electron chi connectivity index (χ0n) is 30.9. The smallest absolute Gasteiger partial charge is 0.268 e. The summed E-state index contributed by atoms with van der Waals surface area (Å²) in [6, 6.07) is 29.7. The molecule has 2 aromatic heterocycles. The fourth-order valence-electron chi connectivity index (χ4n) is 8.13. The number of rotatable bonds is 7. The van der Waals surface area contributed by atoms with Crippen LogP contribution in [0.2, 0.25) is 5.02 Å². The molecule has 3 aliphatic rings. The topological polar surface area (TPSA) is 104 Å². The third-order valence-electron chi connectivity index (χ3n) is 10.9. The zero-order valence-corrected chi connectivity index (χ0v) is 32.4. The minimum atomic E-state index is -0.321. The van der Waals surface area contributed by atoms with Crippen LogP contribution >= 0.6 is 24.0 Å². The first kappa shape index (κ1) is 37.5. The summed E-state index contributed by atoms with van der Waals surface area (Å²) in [4.78, 5) is 35.9. The molecule has 9 rings (SSSR count). The lowest BCUT2D eigenvalue weighted by Gasteiger charge is -2.41. The predicted molar refractivity (Wildman–Crippen MR) is 220 cm³/mol. The number of phenols is 1. The molecular weight excluding hydrogens is 751 g/mol. The van der Waals surface area contributed by atoms with E-state index >= 15 is 0 Å². The first-order valence-corrected chi connectivity index (χ1v) is 19.0. The number of aryl methyl sites for hydroxylation is 1. The number of morpholine rings is 1. The molecule has 0 saturated carbocycles. The lowest BCUT2D eigenvalue weighted by atomic mass is 9.92. The number of hydrogen-bond acceptors (Lipinski definition) is 7. The summed E-state index contributed by atoms with van der Waals surface area (Å²) in [7, 11) is 1.98. The molecule has 1 atom stereocenters. The van der Waals surface area contributed by atoms with E-state index in [1.54, 1.807) is 33.8 Å². The van der Waals surface area contributed by atoms with Crippen LogP contribution in [0.3, 0.4) is 0 Å². The molecule has 56 heavy (non-hydrogen) atoms. The van der Waals surface area contributed by atoms with Crippen LogP contribution in [-0.4, -0.2) is 88.0 Å². The number of nitrogens with one attached hydrogen (secondary N) is 1. The van der Waals surface area contributed by atoms with E-state index in [0.717, 1.165) is 40.1 Å². The number of nitrogens with zero attached hydrogens (tertiary/aromatic N) is 5. The number of carbonyl (C=O) groups excluding carboxylic acids is 2. The van der Waals surface area contributed by atoms with Crippen molar-refractivity contribution >= 4 is 58.1 Å². The summed E-state index contributed by atoms with van der Waals surface area (Å²) in [5.74, 6) is 0.0457. The predicted octanol–water partition coefficient (Wildman–Crippen LogP) is 7.24. The van der Waals surface area contributed by atoms with E-state index < -0.39 is 0 Å². The van der Waals surface area contributed by atoms with E-state index in [2.05, 4.69) is 16.4 Å². The SMILES string of the molecule is Cl.Cn1ccc2cc(N(C(=O)c3cc(-c4ccccc4C(=O)N4Cc5cccc(Cl)c5C[C@H]4CN4CCOCC4)n4c3OCCN4)c3ccc(O)cc3)ccc21. The molecule has 0 bridgehead atoms. The number of ether oxygens (including phenoxy) is 2. The number of fused-ring (bicyclic) bond motifs is 3. The van der Waals surface area contributed by atoms with Gasteiger partial charge in [0.05, 0.1) is 25.5 Å². The lowest BCUT2D eigenvalue weighted by Crippen LogP contribution is -2.52. The molecule has 2 amide bonds. The number of hydrogen-bond donors (Lipinski definition) is 2. The van der Waals surface area contributed by atoms with E-state index in [0.29, 0.717) is 85.5 Å². The van der Waals surface area contributed by atoms with E-state index in [1.165, 1.54) is 0 Å². The maximum atomic E-state index is 15.0. The van der Waals surface area contributed by atoms with Gasteiger partial charge in [0, 0.05) is 83.9 Å². The van der Waals surface area contributed by atoms with Crippen LogP contribution in [0.1, 0.15) is 31.8 Å². The number of halogens is 2. The van der Waals surface area contributed by atoms with Gasteiger partial charge in [-0.05, 0) is 84.3 Å². The Balaban J connectivity index is 0.00000441. The van der Waals surface area contributed by atoms with E-state index in [-0.39, 0.29) is 36.0 Å². The first-order chi connectivity index (χ1) is 26.8. The number of aromatic nitrogens is 2. The van der Waals surface area contributed by atoms with Crippen molar-refractivity contribution in [1.29, 1.82) is 0 Å². The van der Waals surface area contributed by atoms with Gasteiger partial charge in [0.2, 0.25) is 5.88 Å². The molecule has 4 aromatic carbocycles. The van der Waals surface area contributed by atoms with E-state index in [4.69, 9.17) is 21.1 Å². The van der Waals surface area contributed by atoms with Gasteiger partial charge in [-0.15, -0.1) is 12.4 Å². The van der Waals surface area contributed by atoms with Gasteiger partial charge in [0.15, 0.2) is 0 Å². The van der Waals surface area contributed by atoms with Crippen molar-refractivity contribution < 1.29 is 24.2 Å². The monoisotopic (exact) mass is 792 g/mol. The summed E-state index contributed by atoms with van der Waals surface area (Å²) in [6.45, 7) is 4.96. The molecular formula is C43H42Cl2N6O5. The molecule has 0 unspecified atom stereocenters. The molecule has 11 nitrogen and oxygen atoms in total. The Kier molecular flexibility index (Phi) is 10.4. The maximum Gasteiger partial charge on any atom is 0.268 e. The molecule has 5 heterocycles. The Morgan fingerprint density at radius 3 is 2.52 bits per heavy atom. The standard InChI is InChI=1S/C43H41ClN6O5.ClH/c1-46-17-15-28-23-31(11-14-39(28)46)49(30-9-12-33(51)13-10-30)42(53)37-25-40(50-43(37)55-20-16-45-50)34-6-2-3-7-35(34)41(52)48-26-29-5-4-8-38(44)36(29)24-32(48)27-47-18-21-54-22-19-47;/h2-15,17,23,25,32,45,51H,16,18-22,24,26-27H2,1H3;1H/t32-;/m0./s1. The molecule has 1 saturated heterocycles. The number of phenolic OH excluding ortho intramolecular Hbond substituents is 1. The quantitative estimate of drug-likeness (QED) is 0.176. The Morgan fingerprint density at radius 2 is 1.70 bits per heavy atom. The van der Waals surface area contributed by atoms with Crippen LogP contribution in [0.15, 0.2) is 103 Å². The molecule has 288 valence electrons. The van der Waals surface area contributed by atoms with Crippen LogP contribution in [0.4, 0.5) is 11.4 Å². The third kappa shape index (κ3) is 6.85. The summed E-state index contributed by atoms with van der Waals surface area (Å²) < 4.78 is 15.7. The summed E-state index contributed by atoms with van der Waals surface area (Å²) in [6.07, 6.45) is 2.63. The van der Waals surface area contributed by atoms with Crippen molar-refractivity contribution in [2.45, 2.75) is 19.0 Å². The van der Waals surface area contributed by atoms with Gasteiger partial charge in [-0.1, -0.05) is 41.9 Å². The number of amides is 2. The zero-order chi connectivity index (χ0) is 37.6. The molecule has 13 heteroatoms. The molecule has 6 aromatic rings. The molecule has 3 aliphatic heterocycles. The molecule has 0 spiro atoms. The lowest BCUT2D eigenvalue weighted by molar-refractivity contribution is 0.0193. The van der Waals surface area contributed by atoms with Crippen LogP contribution in [0, 0.1) is 0 Å². The van der Waals surface area contributed by atoms with Crippen LogP contribution in [-0.2, 0) is 24.8 Å². The summed E-state index contributed by atoms with van der Waals surface area (Å²) in [5.41, 5.74) is 9.99. The average molecular weight is 794 g/mol. The van der Waals surface area contributed by atoms with Gasteiger partial charge in [0.1, 0.15) is 17.9 Å². The minimum Gasteiger partial charge on any atom is -0.508 e. The van der Waals surface area contributed by atoms with Crippen molar-refractivity contribution in [2.75, 3.05) is 56.3 Å². The van der Waals surface area contributed by atoms with Crippen molar-refractivity contribution in [3.05, 3.63) is 131 Å². The van der Waals surface area contributed by atoms with Gasteiger partial charge in [-0.2, -0.15) is 0 Å². The van der Waals surface area contributed by atoms with Crippen molar-refractivity contribution in [3.8, 4) is 22.9 Å². The largest absolute Gasteiger partial charge is 0.508 e. The van der Waals surface area contributed by atoms with Crippen molar-refractivity contribution in [3.63, 3.8) is 0 Å². The fourth-order valence-corrected chi connectivity index (χ4v) is 8.40. The van der Waals surface area contributed by atoms with Gasteiger partial charge in [-0.25, -0.2) is 4.68 Å². The third-order valence-corrected chi connectivity index (χ3v) is 11.3. The summed E-state index contributed by atoms with van der Waals surface area (Å²) >= 11 is 6.73. The minimum absolute atomic E-state index is 0. The van der Waals surface area contributed by atoms with Gasteiger partial charge < -0.3 is 29.5 Å². The van der Waals surface area contributed by atoms with Gasteiger partial charge >= 0.3 is 0 Å². The second-order valence-electron chi connectivity index (χ2n) is 14.3. The van der Waals surface area contributed by atoms with Crippen molar-refractivity contribution in [2.24, 2.45) is 7.05 Å². The average Bonchev–Trinajstić information content (AvgIpc) is 3.79. The van der Waals surface area contributed by atoms with E-state index in [9.17, 15) is 14.7 Å². The number of carbonyl (C=O) groups is 2. The van der Waals surface area contributed by atoms with Gasteiger partial charge in [-0.3, -0.25) is 19.4 Å².